The number of ether oxygens (including phenoxy) is 2. The molecule has 1 heterocycles. The monoisotopic (exact) mass is 372 g/mol. The van der Waals surface area contributed by atoms with Crippen molar-refractivity contribution in [3.05, 3.63) is 41.7 Å². The number of carbonyl (C=O) groups excluding carboxylic acids is 1. The second-order valence-electron chi connectivity index (χ2n) is 5.45. The molecule has 0 bridgehead atoms. The summed E-state index contributed by atoms with van der Waals surface area (Å²) in [6, 6.07) is 8.82. The molecule has 0 aliphatic carbocycles. The Hall–Kier alpha value is -3.06. The van der Waals surface area contributed by atoms with Gasteiger partial charge in [0.25, 0.3) is 0 Å². The molecule has 0 aliphatic rings. The minimum absolute atomic E-state index is 0.201. The Labute approximate surface area is 155 Å². The highest BCUT2D eigenvalue weighted by molar-refractivity contribution is 6.33. The van der Waals surface area contributed by atoms with Crippen LogP contribution < -0.4 is 20.1 Å². The molecule has 26 heavy (non-hydrogen) atoms. The van der Waals surface area contributed by atoms with E-state index in [0.29, 0.717) is 39.2 Å². The highest BCUT2D eigenvalue weighted by atomic mass is 35.5. The normalized spacial score (nSPS) is 10.5. The second kappa shape index (κ2) is 7.45. The van der Waals surface area contributed by atoms with Crippen LogP contribution in [0.25, 0.3) is 10.9 Å². The molecule has 7 nitrogen and oxygen atoms in total. The number of aromatic nitrogens is 2. The van der Waals surface area contributed by atoms with Gasteiger partial charge in [-0.1, -0.05) is 11.6 Å². The standard InChI is InChI=1S/C18H17ClN4O3/c1-10(24)22-15-6-11(4-5-13(15)19)23-18-12-7-16(25-2)17(26-3)8-14(12)20-9-21-18/h4-9H,1-3H3,(H,22,24)(H,20,21,23). The predicted molar refractivity (Wildman–Crippen MR) is 102 cm³/mol. The fourth-order valence-electron chi connectivity index (χ4n) is 2.51. The van der Waals surface area contributed by atoms with Crippen molar-refractivity contribution in [3.63, 3.8) is 0 Å². The van der Waals surface area contributed by atoms with E-state index < -0.39 is 0 Å². The number of hydrogen-bond donors (Lipinski definition) is 2. The van der Waals surface area contributed by atoms with Crippen LogP contribution in [0.3, 0.4) is 0 Å². The van der Waals surface area contributed by atoms with E-state index in [-0.39, 0.29) is 5.91 Å². The molecular weight excluding hydrogens is 356 g/mol. The summed E-state index contributed by atoms with van der Waals surface area (Å²) in [5.74, 6) is 1.55. The average molecular weight is 373 g/mol. The van der Waals surface area contributed by atoms with E-state index in [4.69, 9.17) is 21.1 Å². The second-order valence-corrected chi connectivity index (χ2v) is 5.85. The molecule has 2 N–H and O–H groups in total. The lowest BCUT2D eigenvalue weighted by Crippen LogP contribution is -2.06. The Kier molecular flexibility index (Phi) is 5.09. The van der Waals surface area contributed by atoms with E-state index in [1.165, 1.54) is 13.3 Å². The third kappa shape index (κ3) is 3.62. The maximum atomic E-state index is 11.3. The number of amides is 1. The summed E-state index contributed by atoms with van der Waals surface area (Å²) in [6.07, 6.45) is 1.46. The Morgan fingerprint density at radius 1 is 1.08 bits per heavy atom. The third-order valence-corrected chi connectivity index (χ3v) is 4.01. The molecule has 8 heteroatoms. The van der Waals surface area contributed by atoms with Crippen LogP contribution in [0.2, 0.25) is 5.02 Å². The predicted octanol–water partition coefficient (Wildman–Crippen LogP) is 4.00. The summed E-state index contributed by atoms with van der Waals surface area (Å²) in [5, 5.41) is 7.12. The van der Waals surface area contributed by atoms with Gasteiger partial charge in [0.2, 0.25) is 5.91 Å². The summed E-state index contributed by atoms with van der Waals surface area (Å²) >= 11 is 6.11. The Morgan fingerprint density at radius 3 is 2.50 bits per heavy atom. The number of nitrogens with one attached hydrogen (secondary N) is 2. The van der Waals surface area contributed by atoms with Crippen molar-refractivity contribution in [2.75, 3.05) is 24.9 Å². The van der Waals surface area contributed by atoms with E-state index in [1.54, 1.807) is 44.6 Å². The summed E-state index contributed by atoms with van der Waals surface area (Å²) < 4.78 is 10.7. The molecule has 0 unspecified atom stereocenters. The average Bonchev–Trinajstić information content (AvgIpc) is 2.63. The van der Waals surface area contributed by atoms with E-state index in [9.17, 15) is 4.79 Å². The van der Waals surface area contributed by atoms with E-state index in [1.807, 2.05) is 0 Å². The number of benzene rings is 2. The van der Waals surface area contributed by atoms with Crippen molar-refractivity contribution in [3.8, 4) is 11.5 Å². The molecule has 0 aliphatic heterocycles. The van der Waals surface area contributed by atoms with Gasteiger partial charge in [0.15, 0.2) is 11.5 Å². The van der Waals surface area contributed by atoms with Crippen LogP contribution in [-0.4, -0.2) is 30.1 Å². The molecule has 0 spiro atoms. The number of methoxy groups -OCH3 is 2. The van der Waals surface area contributed by atoms with Gasteiger partial charge in [-0.05, 0) is 24.3 Å². The topological polar surface area (TPSA) is 85.4 Å². The SMILES string of the molecule is COc1cc2ncnc(Nc3ccc(Cl)c(NC(C)=O)c3)c2cc1OC. The largest absolute Gasteiger partial charge is 0.493 e. The van der Waals surface area contributed by atoms with E-state index in [0.717, 1.165) is 5.39 Å². The van der Waals surface area contributed by atoms with Crippen molar-refractivity contribution in [1.29, 1.82) is 0 Å². The lowest BCUT2D eigenvalue weighted by molar-refractivity contribution is -0.114. The van der Waals surface area contributed by atoms with E-state index >= 15 is 0 Å². The minimum Gasteiger partial charge on any atom is -0.493 e. The summed E-state index contributed by atoms with van der Waals surface area (Å²) in [6.45, 7) is 1.42. The van der Waals surface area contributed by atoms with Crippen molar-refractivity contribution in [2.45, 2.75) is 6.92 Å². The van der Waals surface area contributed by atoms with Crippen LogP contribution in [0, 0.1) is 0 Å². The minimum atomic E-state index is -0.201. The first-order chi connectivity index (χ1) is 12.5. The lowest BCUT2D eigenvalue weighted by Gasteiger charge is -2.13. The molecule has 0 fully saturated rings. The fraction of sp³-hybridized carbons (Fsp3) is 0.167. The van der Waals surface area contributed by atoms with Gasteiger partial charge in [0.1, 0.15) is 12.1 Å². The van der Waals surface area contributed by atoms with Crippen LogP contribution in [0.1, 0.15) is 6.92 Å². The van der Waals surface area contributed by atoms with Crippen LogP contribution >= 0.6 is 11.6 Å². The van der Waals surface area contributed by atoms with E-state index in [2.05, 4.69) is 20.6 Å². The van der Waals surface area contributed by atoms with Gasteiger partial charge in [0, 0.05) is 24.1 Å². The maximum Gasteiger partial charge on any atom is 0.221 e. The number of hydrogen-bond acceptors (Lipinski definition) is 6. The van der Waals surface area contributed by atoms with Crippen LogP contribution in [0.15, 0.2) is 36.7 Å². The highest BCUT2D eigenvalue weighted by Gasteiger charge is 2.12. The first kappa shape index (κ1) is 17.8. The molecule has 1 aromatic heterocycles. The van der Waals surface area contributed by atoms with Gasteiger partial charge in [-0.3, -0.25) is 4.79 Å². The van der Waals surface area contributed by atoms with Gasteiger partial charge < -0.3 is 20.1 Å². The molecule has 0 saturated carbocycles. The van der Waals surface area contributed by atoms with Gasteiger partial charge in [-0.2, -0.15) is 0 Å². The molecule has 134 valence electrons. The summed E-state index contributed by atoms with van der Waals surface area (Å²) in [7, 11) is 3.14. The number of nitrogens with zero attached hydrogens (tertiary/aromatic N) is 2. The van der Waals surface area contributed by atoms with Crippen molar-refractivity contribution in [2.24, 2.45) is 0 Å². The summed E-state index contributed by atoms with van der Waals surface area (Å²) in [5.41, 5.74) is 1.94. The zero-order valence-corrected chi connectivity index (χ0v) is 15.2. The van der Waals surface area contributed by atoms with Gasteiger partial charge in [-0.25, -0.2) is 9.97 Å². The summed E-state index contributed by atoms with van der Waals surface area (Å²) in [4.78, 5) is 19.9. The number of halogens is 1. The molecular formula is C18H17ClN4O3. The first-order valence-corrected chi connectivity index (χ1v) is 8.10. The van der Waals surface area contributed by atoms with Crippen molar-refractivity contribution in [1.82, 2.24) is 9.97 Å². The number of fused-ring (bicyclic) bond motifs is 1. The fourth-order valence-corrected chi connectivity index (χ4v) is 2.67. The number of carbonyl (C=O) groups is 1. The Morgan fingerprint density at radius 2 is 1.81 bits per heavy atom. The number of rotatable bonds is 5. The maximum absolute atomic E-state index is 11.3. The van der Waals surface area contributed by atoms with Gasteiger partial charge in [-0.15, -0.1) is 0 Å². The quantitative estimate of drug-likeness (QED) is 0.704. The molecule has 3 rings (SSSR count). The molecule has 0 radical (unpaired) electrons. The molecule has 0 atom stereocenters. The highest BCUT2D eigenvalue weighted by Crippen LogP contribution is 2.35. The molecule has 0 saturated heterocycles. The smallest absolute Gasteiger partial charge is 0.221 e. The zero-order valence-electron chi connectivity index (χ0n) is 14.5. The van der Waals surface area contributed by atoms with Crippen molar-refractivity contribution >= 4 is 45.6 Å². The lowest BCUT2D eigenvalue weighted by atomic mass is 10.2. The van der Waals surface area contributed by atoms with Crippen LogP contribution in [0.4, 0.5) is 17.2 Å². The molecule has 3 aromatic rings. The zero-order chi connectivity index (χ0) is 18.7. The van der Waals surface area contributed by atoms with Gasteiger partial charge in [0.05, 0.1) is 30.4 Å². The molecule has 2 aromatic carbocycles. The van der Waals surface area contributed by atoms with Crippen LogP contribution in [0.5, 0.6) is 11.5 Å². The Bertz CT molecular complexity index is 978. The van der Waals surface area contributed by atoms with Crippen molar-refractivity contribution < 1.29 is 14.3 Å². The first-order valence-electron chi connectivity index (χ1n) is 7.72. The number of anilines is 3. The van der Waals surface area contributed by atoms with Crippen LogP contribution in [-0.2, 0) is 4.79 Å². The Balaban J connectivity index is 2.02. The third-order valence-electron chi connectivity index (χ3n) is 3.68. The van der Waals surface area contributed by atoms with Gasteiger partial charge >= 0.3 is 0 Å². The molecule has 1 amide bonds.